The SMILES string of the molecule is CN=C(NCC(C)c1ccsc1)N(C)Cc1cccn1C. The van der Waals surface area contributed by atoms with Crippen molar-refractivity contribution in [2.24, 2.45) is 12.0 Å². The predicted octanol–water partition coefficient (Wildman–Crippen LogP) is 2.90. The maximum Gasteiger partial charge on any atom is 0.193 e. The molecule has 5 heteroatoms. The van der Waals surface area contributed by atoms with Crippen LogP contribution in [0.2, 0.25) is 0 Å². The summed E-state index contributed by atoms with van der Waals surface area (Å²) in [6.07, 6.45) is 2.07. The smallest absolute Gasteiger partial charge is 0.193 e. The number of hydrogen-bond donors (Lipinski definition) is 1. The van der Waals surface area contributed by atoms with Crippen molar-refractivity contribution >= 4 is 17.3 Å². The minimum atomic E-state index is 0.483. The van der Waals surface area contributed by atoms with E-state index in [4.69, 9.17) is 0 Å². The highest BCUT2D eigenvalue weighted by atomic mass is 32.1. The standard InChI is InChI=1S/C16H24N4S/c1-13(14-7-9-21-12-14)10-18-16(17-2)20(4)11-15-6-5-8-19(15)3/h5-9,12-13H,10-11H2,1-4H3,(H,17,18). The van der Waals surface area contributed by atoms with Crippen LogP contribution in [-0.4, -0.2) is 36.1 Å². The minimum Gasteiger partial charge on any atom is -0.356 e. The number of guanidine groups is 1. The number of thiophene rings is 1. The summed E-state index contributed by atoms with van der Waals surface area (Å²) in [5.41, 5.74) is 2.65. The van der Waals surface area contributed by atoms with Gasteiger partial charge in [-0.25, -0.2) is 0 Å². The van der Waals surface area contributed by atoms with E-state index in [0.29, 0.717) is 5.92 Å². The zero-order valence-electron chi connectivity index (χ0n) is 13.2. The van der Waals surface area contributed by atoms with Crippen LogP contribution >= 0.6 is 11.3 Å². The summed E-state index contributed by atoms with van der Waals surface area (Å²) < 4.78 is 2.14. The molecular formula is C16H24N4S. The Morgan fingerprint density at radius 1 is 1.48 bits per heavy atom. The highest BCUT2D eigenvalue weighted by Gasteiger charge is 2.11. The first-order valence-electron chi connectivity index (χ1n) is 7.16. The van der Waals surface area contributed by atoms with Gasteiger partial charge in [0.05, 0.1) is 6.54 Å². The van der Waals surface area contributed by atoms with Gasteiger partial charge < -0.3 is 14.8 Å². The van der Waals surface area contributed by atoms with E-state index in [1.807, 2.05) is 7.05 Å². The van der Waals surface area contributed by atoms with Crippen molar-refractivity contribution in [3.8, 4) is 0 Å². The van der Waals surface area contributed by atoms with Crippen molar-refractivity contribution in [2.45, 2.75) is 19.4 Å². The van der Waals surface area contributed by atoms with E-state index in [9.17, 15) is 0 Å². The molecule has 1 atom stereocenters. The van der Waals surface area contributed by atoms with E-state index >= 15 is 0 Å². The number of nitrogens with zero attached hydrogens (tertiary/aromatic N) is 3. The molecule has 0 aliphatic heterocycles. The molecule has 2 aromatic heterocycles. The summed E-state index contributed by atoms with van der Waals surface area (Å²) in [7, 11) is 5.97. The second-order valence-corrected chi connectivity index (χ2v) is 6.13. The minimum absolute atomic E-state index is 0.483. The molecule has 4 nitrogen and oxygen atoms in total. The van der Waals surface area contributed by atoms with E-state index < -0.39 is 0 Å². The fourth-order valence-corrected chi connectivity index (χ4v) is 3.06. The zero-order valence-corrected chi connectivity index (χ0v) is 14.0. The molecule has 0 radical (unpaired) electrons. The molecule has 1 unspecified atom stereocenters. The Kier molecular flexibility index (Phi) is 5.44. The van der Waals surface area contributed by atoms with Crippen molar-refractivity contribution in [3.63, 3.8) is 0 Å². The first-order valence-corrected chi connectivity index (χ1v) is 8.10. The predicted molar refractivity (Wildman–Crippen MR) is 91.0 cm³/mol. The van der Waals surface area contributed by atoms with Gasteiger partial charge in [-0.2, -0.15) is 11.3 Å². The summed E-state index contributed by atoms with van der Waals surface area (Å²) in [6, 6.07) is 6.39. The molecule has 0 saturated carbocycles. The molecule has 0 amide bonds. The second-order valence-electron chi connectivity index (χ2n) is 5.35. The molecule has 1 N–H and O–H groups in total. The van der Waals surface area contributed by atoms with Crippen molar-refractivity contribution in [2.75, 3.05) is 20.6 Å². The lowest BCUT2D eigenvalue weighted by molar-refractivity contribution is 0.459. The Labute approximate surface area is 131 Å². The van der Waals surface area contributed by atoms with E-state index in [2.05, 4.69) is 76.0 Å². The number of nitrogens with one attached hydrogen (secondary N) is 1. The Morgan fingerprint density at radius 2 is 2.29 bits per heavy atom. The normalized spacial score (nSPS) is 13.2. The number of aromatic nitrogens is 1. The van der Waals surface area contributed by atoms with Crippen molar-refractivity contribution < 1.29 is 0 Å². The first-order chi connectivity index (χ1) is 10.1. The van der Waals surface area contributed by atoms with Crippen LogP contribution in [0.1, 0.15) is 24.1 Å². The van der Waals surface area contributed by atoms with Crippen LogP contribution in [0.25, 0.3) is 0 Å². The number of hydrogen-bond acceptors (Lipinski definition) is 2. The van der Waals surface area contributed by atoms with E-state index in [0.717, 1.165) is 19.0 Å². The quantitative estimate of drug-likeness (QED) is 0.680. The lowest BCUT2D eigenvalue weighted by Crippen LogP contribution is -2.40. The maximum absolute atomic E-state index is 4.38. The molecule has 114 valence electrons. The molecule has 21 heavy (non-hydrogen) atoms. The lowest BCUT2D eigenvalue weighted by atomic mass is 10.1. The number of aliphatic imine (C=N–C) groups is 1. The third-order valence-electron chi connectivity index (χ3n) is 3.70. The van der Waals surface area contributed by atoms with Crippen molar-refractivity contribution in [1.82, 2.24) is 14.8 Å². The van der Waals surface area contributed by atoms with Gasteiger partial charge in [-0.3, -0.25) is 4.99 Å². The van der Waals surface area contributed by atoms with Crippen LogP contribution in [0.3, 0.4) is 0 Å². The molecule has 0 aliphatic carbocycles. The summed E-state index contributed by atoms with van der Waals surface area (Å²) in [6.45, 7) is 3.97. The molecular weight excluding hydrogens is 280 g/mol. The average molecular weight is 304 g/mol. The van der Waals surface area contributed by atoms with Gasteiger partial charge in [-0.1, -0.05) is 6.92 Å². The summed E-state index contributed by atoms with van der Waals surface area (Å²) in [4.78, 5) is 6.52. The monoisotopic (exact) mass is 304 g/mol. The lowest BCUT2D eigenvalue weighted by Gasteiger charge is -2.23. The van der Waals surface area contributed by atoms with Gasteiger partial charge in [0.1, 0.15) is 0 Å². The van der Waals surface area contributed by atoms with Crippen LogP contribution in [-0.2, 0) is 13.6 Å². The molecule has 0 fully saturated rings. The van der Waals surface area contributed by atoms with E-state index in [1.165, 1.54) is 11.3 Å². The average Bonchev–Trinajstić information content (AvgIpc) is 3.12. The van der Waals surface area contributed by atoms with Gasteiger partial charge in [-0.15, -0.1) is 0 Å². The fourth-order valence-electron chi connectivity index (χ4n) is 2.28. The summed E-state index contributed by atoms with van der Waals surface area (Å²) in [5.74, 6) is 1.41. The third kappa shape index (κ3) is 4.11. The van der Waals surface area contributed by atoms with Gasteiger partial charge in [0, 0.05) is 39.6 Å². The second kappa shape index (κ2) is 7.31. The highest BCUT2D eigenvalue weighted by Crippen LogP contribution is 2.17. The first kappa shape index (κ1) is 15.6. The molecule has 0 spiro atoms. The molecule has 0 aliphatic rings. The Morgan fingerprint density at radius 3 is 2.86 bits per heavy atom. The Balaban J connectivity index is 1.89. The van der Waals surface area contributed by atoms with E-state index in [-0.39, 0.29) is 0 Å². The summed E-state index contributed by atoms with van der Waals surface area (Å²) >= 11 is 1.75. The van der Waals surface area contributed by atoms with Crippen LogP contribution in [0.15, 0.2) is 40.1 Å². The van der Waals surface area contributed by atoms with Crippen LogP contribution in [0.5, 0.6) is 0 Å². The molecule has 0 bridgehead atoms. The molecule has 2 aromatic rings. The van der Waals surface area contributed by atoms with Crippen molar-refractivity contribution in [3.05, 3.63) is 46.4 Å². The number of rotatable bonds is 5. The number of aryl methyl sites for hydroxylation is 1. The molecule has 0 aromatic carbocycles. The van der Waals surface area contributed by atoms with Crippen LogP contribution in [0, 0.1) is 0 Å². The maximum atomic E-state index is 4.38. The molecule has 2 rings (SSSR count). The highest BCUT2D eigenvalue weighted by molar-refractivity contribution is 7.07. The zero-order chi connectivity index (χ0) is 15.2. The molecule has 0 saturated heterocycles. The van der Waals surface area contributed by atoms with Gasteiger partial charge in [0.15, 0.2) is 5.96 Å². The van der Waals surface area contributed by atoms with Crippen LogP contribution in [0.4, 0.5) is 0 Å². The summed E-state index contributed by atoms with van der Waals surface area (Å²) in [5, 5.41) is 7.80. The molecule has 2 heterocycles. The van der Waals surface area contributed by atoms with E-state index in [1.54, 1.807) is 11.3 Å². The Hall–Kier alpha value is -1.75. The third-order valence-corrected chi connectivity index (χ3v) is 4.40. The van der Waals surface area contributed by atoms with Gasteiger partial charge in [0.2, 0.25) is 0 Å². The van der Waals surface area contributed by atoms with Gasteiger partial charge in [0.25, 0.3) is 0 Å². The fraction of sp³-hybridized carbons (Fsp3) is 0.438. The Bertz CT molecular complexity index is 571. The van der Waals surface area contributed by atoms with Gasteiger partial charge in [-0.05, 0) is 40.4 Å². The van der Waals surface area contributed by atoms with Crippen LogP contribution < -0.4 is 5.32 Å². The van der Waals surface area contributed by atoms with Gasteiger partial charge >= 0.3 is 0 Å². The van der Waals surface area contributed by atoms with Crippen molar-refractivity contribution in [1.29, 1.82) is 0 Å². The topological polar surface area (TPSA) is 32.6 Å². The largest absolute Gasteiger partial charge is 0.356 e.